The molecule has 0 amide bonds. The molecule has 6 fully saturated rings. The van der Waals surface area contributed by atoms with Crippen molar-refractivity contribution < 1.29 is 24.2 Å². The summed E-state index contributed by atoms with van der Waals surface area (Å²) in [5.41, 5.74) is 0.129. The number of aliphatic hydroxyl groups excluding tert-OH is 1. The SMILES string of the molecule is C[C@@H]1CO[C@@]2(OC3C[C@H]4[C@@H]5CC(=O)[C@H]6C[C@@H](O)CC[C@]6(C)[C@H]5CC[C@]4(C)C3[C@@H]2C)C(=O)C1. The summed E-state index contributed by atoms with van der Waals surface area (Å²) in [6.45, 7) is 9.63. The fourth-order valence-electron chi connectivity index (χ4n) is 9.98. The topological polar surface area (TPSA) is 72.8 Å². The summed E-state index contributed by atoms with van der Waals surface area (Å²) in [4.78, 5) is 26.5. The number of hydrogen-bond acceptors (Lipinski definition) is 5. The molecule has 6 aliphatic rings. The Morgan fingerprint density at radius 3 is 2.47 bits per heavy atom. The third kappa shape index (κ3) is 2.62. The van der Waals surface area contributed by atoms with Gasteiger partial charge in [0.1, 0.15) is 5.78 Å². The molecule has 0 bridgehead atoms. The standard InChI is InChI=1S/C27H40O5/c1-14-9-23(30)27(31-13-14)15(2)24-22(32-27)12-19-17-11-21(29)20-10-16(28)5-7-25(20,3)18(17)6-8-26(19,24)4/h14-20,22,24,28H,5-13H2,1-4H3/t14-,15-,16-,17+,18-,19-,20+,22?,24?,25+,26-,27-/m0/s1. The van der Waals surface area contributed by atoms with Gasteiger partial charge in [-0.2, -0.15) is 0 Å². The summed E-state index contributed by atoms with van der Waals surface area (Å²) in [7, 11) is 0. The highest BCUT2D eigenvalue weighted by Gasteiger charge is 2.71. The first-order valence-electron chi connectivity index (χ1n) is 13.2. The van der Waals surface area contributed by atoms with Gasteiger partial charge in [0.2, 0.25) is 5.79 Å². The molecule has 0 radical (unpaired) electrons. The highest BCUT2D eigenvalue weighted by Crippen LogP contribution is 2.70. The molecule has 2 heterocycles. The maximum absolute atomic E-state index is 13.3. The van der Waals surface area contributed by atoms with Crippen LogP contribution in [0, 0.1) is 52.3 Å². The normalized spacial score (nSPS) is 59.5. The first-order chi connectivity index (χ1) is 15.1. The van der Waals surface area contributed by atoms with Crippen LogP contribution in [-0.4, -0.2) is 41.3 Å². The largest absolute Gasteiger partial charge is 0.393 e. The van der Waals surface area contributed by atoms with Crippen LogP contribution >= 0.6 is 0 Å². The Kier molecular flexibility index (Phi) is 4.68. The number of hydrogen-bond donors (Lipinski definition) is 1. The van der Waals surface area contributed by atoms with Gasteiger partial charge in [-0.1, -0.05) is 27.7 Å². The average Bonchev–Trinajstić information content (AvgIpc) is 3.18. The van der Waals surface area contributed by atoms with E-state index in [0.29, 0.717) is 55.3 Å². The number of aliphatic hydroxyl groups is 1. The van der Waals surface area contributed by atoms with Crippen molar-refractivity contribution in [2.24, 2.45) is 52.3 Å². The lowest BCUT2D eigenvalue weighted by Gasteiger charge is -2.60. The van der Waals surface area contributed by atoms with Crippen molar-refractivity contribution in [2.75, 3.05) is 6.61 Å². The van der Waals surface area contributed by atoms with Crippen molar-refractivity contribution in [1.29, 1.82) is 0 Å². The van der Waals surface area contributed by atoms with Crippen molar-refractivity contribution in [3.63, 3.8) is 0 Å². The van der Waals surface area contributed by atoms with Crippen LogP contribution in [0.1, 0.15) is 79.1 Å². The Labute approximate surface area is 192 Å². The molecule has 12 atom stereocenters. The van der Waals surface area contributed by atoms with Crippen molar-refractivity contribution in [3.8, 4) is 0 Å². The van der Waals surface area contributed by atoms with E-state index in [0.717, 1.165) is 32.1 Å². The molecule has 0 aromatic heterocycles. The Hall–Kier alpha value is -0.780. The Morgan fingerprint density at radius 1 is 0.969 bits per heavy atom. The number of ether oxygens (including phenoxy) is 2. The van der Waals surface area contributed by atoms with E-state index in [2.05, 4.69) is 27.7 Å². The summed E-state index contributed by atoms with van der Waals surface area (Å²) in [6.07, 6.45) is 6.69. The van der Waals surface area contributed by atoms with Gasteiger partial charge in [-0.3, -0.25) is 9.59 Å². The number of carbonyl (C=O) groups excluding carboxylic acids is 2. The van der Waals surface area contributed by atoms with E-state index in [1.807, 2.05) is 0 Å². The number of ketones is 2. The van der Waals surface area contributed by atoms with Gasteiger partial charge in [0.25, 0.3) is 0 Å². The smallest absolute Gasteiger partial charge is 0.232 e. The van der Waals surface area contributed by atoms with Crippen LogP contribution < -0.4 is 0 Å². The van der Waals surface area contributed by atoms with Gasteiger partial charge >= 0.3 is 0 Å². The van der Waals surface area contributed by atoms with Crippen LogP contribution in [0.2, 0.25) is 0 Å². The molecule has 4 saturated carbocycles. The average molecular weight is 445 g/mol. The Balaban J connectivity index is 1.30. The van der Waals surface area contributed by atoms with Crippen molar-refractivity contribution >= 4 is 11.6 Å². The molecule has 1 N–H and O–H groups in total. The first-order valence-corrected chi connectivity index (χ1v) is 13.2. The van der Waals surface area contributed by atoms with E-state index < -0.39 is 5.79 Å². The van der Waals surface area contributed by atoms with E-state index >= 15 is 0 Å². The van der Waals surface area contributed by atoms with Gasteiger partial charge in [0, 0.05) is 24.7 Å². The van der Waals surface area contributed by atoms with Crippen molar-refractivity contribution in [1.82, 2.24) is 0 Å². The molecule has 0 aromatic carbocycles. The fourth-order valence-corrected chi connectivity index (χ4v) is 9.98. The lowest BCUT2D eigenvalue weighted by atomic mass is 9.44. The molecular formula is C27H40O5. The lowest BCUT2D eigenvalue weighted by Crippen LogP contribution is -2.58. The third-order valence-corrected chi connectivity index (χ3v) is 11.5. The van der Waals surface area contributed by atoms with Crippen LogP contribution in [0.3, 0.4) is 0 Å². The van der Waals surface area contributed by atoms with E-state index in [1.165, 1.54) is 0 Å². The number of carbonyl (C=O) groups is 2. The van der Waals surface area contributed by atoms with E-state index in [1.54, 1.807) is 0 Å². The number of Topliss-reactive ketones (excluding diaryl/α,β-unsaturated/α-hetero) is 2. The minimum atomic E-state index is -1.04. The van der Waals surface area contributed by atoms with Gasteiger partial charge in [-0.15, -0.1) is 0 Å². The van der Waals surface area contributed by atoms with Crippen LogP contribution in [0.25, 0.3) is 0 Å². The van der Waals surface area contributed by atoms with Gasteiger partial charge < -0.3 is 14.6 Å². The van der Waals surface area contributed by atoms with Crippen LogP contribution in [0.5, 0.6) is 0 Å². The summed E-state index contributed by atoms with van der Waals surface area (Å²) < 4.78 is 12.8. The molecule has 5 nitrogen and oxygen atoms in total. The predicted octanol–water partition coefficient (Wildman–Crippen LogP) is 4.15. The quantitative estimate of drug-likeness (QED) is 0.608. The first kappa shape index (κ1) is 21.7. The van der Waals surface area contributed by atoms with Crippen molar-refractivity contribution in [2.45, 2.75) is 97.1 Å². The molecule has 0 aromatic rings. The molecule has 1 spiro atoms. The molecule has 5 heteroatoms. The second-order valence-corrected chi connectivity index (χ2v) is 13.0. The molecule has 178 valence electrons. The van der Waals surface area contributed by atoms with E-state index in [4.69, 9.17) is 9.47 Å². The van der Waals surface area contributed by atoms with Crippen LogP contribution in [0.15, 0.2) is 0 Å². The molecule has 32 heavy (non-hydrogen) atoms. The van der Waals surface area contributed by atoms with Crippen molar-refractivity contribution in [3.05, 3.63) is 0 Å². The summed E-state index contributed by atoms with van der Waals surface area (Å²) in [5.74, 6) is 1.62. The fraction of sp³-hybridized carbons (Fsp3) is 0.926. The van der Waals surface area contributed by atoms with Crippen LogP contribution in [0.4, 0.5) is 0 Å². The minimum Gasteiger partial charge on any atom is -0.393 e. The predicted molar refractivity (Wildman–Crippen MR) is 119 cm³/mol. The van der Waals surface area contributed by atoms with E-state index in [9.17, 15) is 14.7 Å². The second-order valence-electron chi connectivity index (χ2n) is 13.0. The van der Waals surface area contributed by atoms with Gasteiger partial charge in [0.15, 0.2) is 5.78 Å². The summed E-state index contributed by atoms with van der Waals surface area (Å²) in [6, 6.07) is 0. The maximum atomic E-state index is 13.3. The van der Waals surface area contributed by atoms with Gasteiger partial charge in [-0.05, 0) is 78.9 Å². The number of rotatable bonds is 0. The molecule has 4 aliphatic carbocycles. The zero-order chi connectivity index (χ0) is 22.6. The maximum Gasteiger partial charge on any atom is 0.232 e. The zero-order valence-electron chi connectivity index (χ0n) is 20.1. The summed E-state index contributed by atoms with van der Waals surface area (Å²) >= 11 is 0. The third-order valence-electron chi connectivity index (χ3n) is 11.5. The van der Waals surface area contributed by atoms with E-state index in [-0.39, 0.29) is 46.6 Å². The number of fused-ring (bicyclic) bond motifs is 7. The molecule has 2 saturated heterocycles. The second kappa shape index (κ2) is 6.88. The highest BCUT2D eigenvalue weighted by molar-refractivity contribution is 5.87. The Bertz CT molecular complexity index is 840. The summed E-state index contributed by atoms with van der Waals surface area (Å²) in [5, 5.41) is 10.3. The molecule has 2 aliphatic heterocycles. The lowest BCUT2D eigenvalue weighted by molar-refractivity contribution is -0.252. The van der Waals surface area contributed by atoms with Gasteiger partial charge in [-0.25, -0.2) is 0 Å². The highest BCUT2D eigenvalue weighted by atomic mass is 16.7. The monoisotopic (exact) mass is 444 g/mol. The minimum absolute atomic E-state index is 0.0323. The molecular weight excluding hydrogens is 404 g/mol. The van der Waals surface area contributed by atoms with Gasteiger partial charge in [0.05, 0.1) is 18.8 Å². The molecule has 6 rings (SSSR count). The van der Waals surface area contributed by atoms with Crippen LogP contribution in [-0.2, 0) is 19.1 Å². The zero-order valence-corrected chi connectivity index (χ0v) is 20.1. The Morgan fingerprint density at radius 2 is 1.72 bits per heavy atom. The molecule has 2 unspecified atom stereocenters.